The monoisotopic (exact) mass is 282 g/mol. The average Bonchev–Trinajstić information content (AvgIpc) is 2.87. The van der Waals surface area contributed by atoms with Crippen molar-refractivity contribution in [2.24, 2.45) is 0 Å². The van der Waals surface area contributed by atoms with Crippen LogP contribution in [0.2, 0.25) is 0 Å². The van der Waals surface area contributed by atoms with Gasteiger partial charge in [0.05, 0.1) is 7.11 Å². The van der Waals surface area contributed by atoms with Crippen molar-refractivity contribution >= 4 is 10.9 Å². The highest BCUT2D eigenvalue weighted by Gasteiger charge is 2.36. The molecule has 1 aromatic heterocycles. The van der Waals surface area contributed by atoms with Crippen LogP contribution in [0.15, 0.2) is 18.2 Å². The number of nitrogens with zero attached hydrogens (tertiary/aromatic N) is 1. The number of H-pyrrole nitrogens is 1. The first-order valence-corrected chi connectivity index (χ1v) is 7.54. The zero-order valence-electron chi connectivity index (χ0n) is 12.7. The first kappa shape index (κ1) is 14.0. The Kier molecular flexibility index (Phi) is 3.65. The predicted molar refractivity (Wildman–Crippen MR) is 86.6 cm³/mol. The number of methoxy groups -OCH3 is 1. The fourth-order valence-electron chi connectivity index (χ4n) is 3.89. The molecule has 3 nitrogen and oxygen atoms in total. The van der Waals surface area contributed by atoms with Gasteiger partial charge >= 0.3 is 0 Å². The molecule has 110 valence electrons. The van der Waals surface area contributed by atoms with E-state index >= 15 is 0 Å². The number of aromatic amines is 1. The molecule has 21 heavy (non-hydrogen) atoms. The van der Waals surface area contributed by atoms with E-state index in [9.17, 15) is 0 Å². The lowest BCUT2D eigenvalue weighted by Gasteiger charge is -2.43. The Balaban J connectivity index is 0.000000636. The third-order valence-corrected chi connectivity index (χ3v) is 5.00. The number of fused-ring (bicyclic) bond motifs is 6. The zero-order valence-corrected chi connectivity index (χ0v) is 12.7. The number of aromatic nitrogens is 1. The number of piperidine rings is 1. The van der Waals surface area contributed by atoms with Gasteiger partial charge in [-0.15, -0.1) is 12.8 Å². The molecule has 0 amide bonds. The minimum Gasteiger partial charge on any atom is -0.497 e. The summed E-state index contributed by atoms with van der Waals surface area (Å²) in [7, 11) is 1.74. The quantitative estimate of drug-likeness (QED) is 0.811. The van der Waals surface area contributed by atoms with Gasteiger partial charge in [-0.1, -0.05) is 0 Å². The number of hydrogen-bond acceptors (Lipinski definition) is 2. The fraction of sp³-hybridized carbons (Fsp3) is 0.444. The van der Waals surface area contributed by atoms with E-state index < -0.39 is 0 Å². The summed E-state index contributed by atoms with van der Waals surface area (Å²) in [5.41, 5.74) is 4.23. The van der Waals surface area contributed by atoms with Gasteiger partial charge in [0, 0.05) is 35.1 Å². The van der Waals surface area contributed by atoms with Crippen LogP contribution < -0.4 is 4.74 Å². The van der Waals surface area contributed by atoms with Crippen molar-refractivity contribution in [1.82, 2.24) is 9.88 Å². The van der Waals surface area contributed by atoms with Crippen LogP contribution in [0.3, 0.4) is 0 Å². The van der Waals surface area contributed by atoms with Gasteiger partial charge in [-0.3, -0.25) is 4.90 Å². The van der Waals surface area contributed by atoms with Gasteiger partial charge in [0.2, 0.25) is 0 Å². The summed E-state index contributed by atoms with van der Waals surface area (Å²) < 4.78 is 5.37. The molecule has 2 aliphatic heterocycles. The summed E-state index contributed by atoms with van der Waals surface area (Å²) in [5.74, 6) is 1.63. The van der Waals surface area contributed by atoms with Crippen molar-refractivity contribution in [2.75, 3.05) is 13.7 Å². The second-order valence-electron chi connectivity index (χ2n) is 5.89. The van der Waals surface area contributed by atoms with Crippen molar-refractivity contribution in [3.63, 3.8) is 0 Å². The number of rotatable bonds is 1. The molecule has 0 spiro atoms. The number of ether oxygens (including phenoxy) is 1. The van der Waals surface area contributed by atoms with E-state index in [4.69, 9.17) is 4.74 Å². The van der Waals surface area contributed by atoms with E-state index in [-0.39, 0.29) is 0 Å². The minimum absolute atomic E-state index is 0.677. The lowest BCUT2D eigenvalue weighted by atomic mass is 9.82. The Bertz CT molecular complexity index is 670. The standard InChI is InChI=1S/C16H20N2O.C2H2/c1-10-12-4-3-7-18(10)9-14-13-8-11(19-2)5-6-15(13)17-16(12)14;1-2/h5-6,8,10,12,17H,3-4,7,9H2,1-2H3;1-2H. The Morgan fingerprint density at radius 1 is 1.33 bits per heavy atom. The summed E-state index contributed by atoms with van der Waals surface area (Å²) in [6, 6.07) is 7.05. The van der Waals surface area contributed by atoms with Crippen LogP contribution in [0.25, 0.3) is 10.9 Å². The summed E-state index contributed by atoms with van der Waals surface area (Å²) >= 11 is 0. The highest BCUT2D eigenvalue weighted by atomic mass is 16.5. The van der Waals surface area contributed by atoms with Crippen LogP contribution in [0, 0.1) is 12.8 Å². The maximum Gasteiger partial charge on any atom is 0.119 e. The van der Waals surface area contributed by atoms with E-state index in [0.29, 0.717) is 12.0 Å². The molecule has 0 radical (unpaired) electrons. The second kappa shape index (κ2) is 5.46. The molecule has 2 bridgehead atoms. The summed E-state index contributed by atoms with van der Waals surface area (Å²) in [4.78, 5) is 6.30. The molecule has 3 unspecified atom stereocenters. The van der Waals surface area contributed by atoms with Crippen molar-refractivity contribution in [3.05, 3.63) is 29.5 Å². The predicted octanol–water partition coefficient (Wildman–Crippen LogP) is 3.51. The maximum atomic E-state index is 5.37. The highest BCUT2D eigenvalue weighted by Crippen LogP contribution is 2.42. The summed E-state index contributed by atoms with van der Waals surface area (Å²) in [6.45, 7) is 4.70. The minimum atomic E-state index is 0.677. The van der Waals surface area contributed by atoms with Crippen LogP contribution in [0.1, 0.15) is 36.9 Å². The topological polar surface area (TPSA) is 28.3 Å². The van der Waals surface area contributed by atoms with Crippen LogP contribution >= 0.6 is 0 Å². The van der Waals surface area contributed by atoms with Crippen molar-refractivity contribution < 1.29 is 4.74 Å². The SMILES string of the molecule is C#C.COc1ccc2[nH]c3c(c2c1)CN1CCCC3C1C. The van der Waals surface area contributed by atoms with Crippen LogP contribution in [-0.4, -0.2) is 29.6 Å². The van der Waals surface area contributed by atoms with Gasteiger partial charge in [-0.05, 0) is 50.1 Å². The van der Waals surface area contributed by atoms with Gasteiger partial charge in [-0.2, -0.15) is 0 Å². The van der Waals surface area contributed by atoms with Gasteiger partial charge in [0.25, 0.3) is 0 Å². The molecule has 1 aromatic carbocycles. The van der Waals surface area contributed by atoms with Crippen molar-refractivity contribution in [3.8, 4) is 18.6 Å². The zero-order chi connectivity index (χ0) is 15.0. The lowest BCUT2D eigenvalue weighted by molar-refractivity contribution is 0.114. The Morgan fingerprint density at radius 3 is 2.90 bits per heavy atom. The number of hydrogen-bond donors (Lipinski definition) is 1. The largest absolute Gasteiger partial charge is 0.497 e. The highest BCUT2D eigenvalue weighted by molar-refractivity contribution is 5.86. The molecule has 2 aromatic rings. The fourth-order valence-corrected chi connectivity index (χ4v) is 3.89. The van der Waals surface area contributed by atoms with Crippen LogP contribution in [0.5, 0.6) is 5.75 Å². The number of terminal acetylenes is 1. The molecule has 4 rings (SSSR count). The van der Waals surface area contributed by atoms with Crippen molar-refractivity contribution in [1.29, 1.82) is 0 Å². The van der Waals surface area contributed by atoms with E-state index in [2.05, 4.69) is 41.8 Å². The van der Waals surface area contributed by atoms with Crippen LogP contribution in [-0.2, 0) is 6.54 Å². The van der Waals surface area contributed by atoms with Gasteiger partial charge in [-0.25, -0.2) is 0 Å². The lowest BCUT2D eigenvalue weighted by Crippen LogP contribution is -2.45. The van der Waals surface area contributed by atoms with Crippen LogP contribution in [0.4, 0.5) is 0 Å². The molecule has 0 saturated carbocycles. The van der Waals surface area contributed by atoms with Crippen molar-refractivity contribution in [2.45, 2.75) is 38.3 Å². The summed E-state index contributed by atoms with van der Waals surface area (Å²) in [6.07, 6.45) is 10.6. The second-order valence-corrected chi connectivity index (χ2v) is 5.89. The molecular formula is C18H22N2O. The molecule has 0 aliphatic carbocycles. The van der Waals surface area contributed by atoms with E-state index in [1.54, 1.807) is 7.11 Å². The maximum absolute atomic E-state index is 5.37. The van der Waals surface area contributed by atoms with Gasteiger partial charge in [0.15, 0.2) is 0 Å². The molecule has 3 heterocycles. The van der Waals surface area contributed by atoms with E-state index in [1.807, 2.05) is 6.07 Å². The molecule has 1 saturated heterocycles. The molecule has 1 N–H and O–H groups in total. The molecular weight excluding hydrogens is 260 g/mol. The summed E-state index contributed by atoms with van der Waals surface area (Å²) in [5, 5.41) is 1.35. The molecule has 3 heteroatoms. The van der Waals surface area contributed by atoms with Gasteiger partial charge in [0.1, 0.15) is 5.75 Å². The van der Waals surface area contributed by atoms with Gasteiger partial charge < -0.3 is 9.72 Å². The number of nitrogens with one attached hydrogen (secondary N) is 1. The third-order valence-electron chi connectivity index (χ3n) is 5.00. The Labute approximate surface area is 126 Å². The third kappa shape index (κ3) is 2.11. The Hall–Kier alpha value is -1.92. The molecule has 1 fully saturated rings. The average molecular weight is 282 g/mol. The molecule has 3 atom stereocenters. The first-order valence-electron chi connectivity index (χ1n) is 7.54. The smallest absolute Gasteiger partial charge is 0.119 e. The molecule has 2 aliphatic rings. The Morgan fingerprint density at radius 2 is 2.14 bits per heavy atom. The number of benzene rings is 1. The first-order chi connectivity index (χ1) is 10.3. The van der Waals surface area contributed by atoms with E-state index in [0.717, 1.165) is 12.3 Å². The van der Waals surface area contributed by atoms with E-state index in [1.165, 1.54) is 41.5 Å². The normalized spacial score (nSPS) is 26.6.